The molecule has 19 heavy (non-hydrogen) atoms. The molecule has 1 unspecified atom stereocenters. The Labute approximate surface area is 121 Å². The molecule has 2 rings (SSSR count). The predicted octanol–water partition coefficient (Wildman–Crippen LogP) is 3.44. The van der Waals surface area contributed by atoms with E-state index in [-0.39, 0.29) is 11.9 Å². The van der Waals surface area contributed by atoms with Crippen molar-refractivity contribution in [1.82, 2.24) is 15.1 Å². The van der Waals surface area contributed by atoms with Crippen molar-refractivity contribution in [3.63, 3.8) is 0 Å². The summed E-state index contributed by atoms with van der Waals surface area (Å²) >= 11 is 3.36. The van der Waals surface area contributed by atoms with Crippen LogP contribution in [0.4, 0.5) is 4.39 Å². The van der Waals surface area contributed by atoms with E-state index in [1.807, 2.05) is 37.0 Å². The lowest BCUT2D eigenvalue weighted by Gasteiger charge is -2.15. The Kier molecular flexibility index (Phi) is 4.71. The van der Waals surface area contributed by atoms with E-state index in [4.69, 9.17) is 0 Å². The van der Waals surface area contributed by atoms with Crippen LogP contribution in [0.1, 0.15) is 24.1 Å². The summed E-state index contributed by atoms with van der Waals surface area (Å²) in [6, 6.07) is 4.96. The average molecular weight is 326 g/mol. The molecule has 1 aromatic carbocycles. The van der Waals surface area contributed by atoms with Gasteiger partial charge < -0.3 is 5.32 Å². The lowest BCUT2D eigenvalue weighted by molar-refractivity contribution is 0.489. The zero-order chi connectivity index (χ0) is 13.8. The Morgan fingerprint density at radius 3 is 2.95 bits per heavy atom. The van der Waals surface area contributed by atoms with Gasteiger partial charge in [-0.3, -0.25) is 4.68 Å². The largest absolute Gasteiger partial charge is 0.308 e. The maximum atomic E-state index is 13.7. The van der Waals surface area contributed by atoms with Gasteiger partial charge in [0.1, 0.15) is 5.82 Å². The molecular formula is C14H17BrFN3. The molecule has 102 valence electrons. The number of aromatic nitrogens is 2. The number of hydrogen-bond acceptors (Lipinski definition) is 2. The maximum Gasteiger partial charge on any atom is 0.128 e. The fourth-order valence-corrected chi connectivity index (χ4v) is 2.32. The summed E-state index contributed by atoms with van der Waals surface area (Å²) in [6.07, 6.45) is 3.82. The molecule has 0 aliphatic rings. The molecule has 3 nitrogen and oxygen atoms in total. The van der Waals surface area contributed by atoms with Crippen LogP contribution in [-0.2, 0) is 6.54 Å². The molecule has 0 amide bonds. The molecule has 0 fully saturated rings. The topological polar surface area (TPSA) is 29.9 Å². The molecule has 0 aliphatic carbocycles. The van der Waals surface area contributed by atoms with E-state index >= 15 is 0 Å². The highest BCUT2D eigenvalue weighted by molar-refractivity contribution is 9.10. The Morgan fingerprint density at radius 1 is 1.47 bits per heavy atom. The zero-order valence-corrected chi connectivity index (χ0v) is 12.6. The fraction of sp³-hybridized carbons (Fsp3) is 0.357. The smallest absolute Gasteiger partial charge is 0.128 e. The number of halogens is 2. The first-order valence-corrected chi connectivity index (χ1v) is 7.03. The molecule has 0 saturated heterocycles. The predicted molar refractivity (Wildman–Crippen MR) is 77.5 cm³/mol. The minimum absolute atomic E-state index is 0.0332. The minimum Gasteiger partial charge on any atom is -0.308 e. The number of aryl methyl sites for hydroxylation is 1. The first kappa shape index (κ1) is 14.2. The molecule has 2 aromatic rings. The summed E-state index contributed by atoms with van der Waals surface area (Å²) in [4.78, 5) is 0. The number of rotatable bonds is 5. The lowest BCUT2D eigenvalue weighted by atomic mass is 10.1. The SMILES string of the molecule is Cc1cnn(CCNC(C)c2cc(Br)ccc2F)c1. The second kappa shape index (κ2) is 6.30. The first-order chi connectivity index (χ1) is 9.06. The standard InChI is InChI=1S/C14H17BrFN3/c1-10-8-18-19(9-10)6-5-17-11(2)13-7-12(15)3-4-14(13)16/h3-4,7-9,11,17H,5-6H2,1-2H3. The second-order valence-electron chi connectivity index (χ2n) is 4.62. The highest BCUT2D eigenvalue weighted by atomic mass is 79.9. The van der Waals surface area contributed by atoms with Crippen molar-refractivity contribution in [2.24, 2.45) is 0 Å². The molecule has 1 heterocycles. The normalized spacial score (nSPS) is 12.6. The number of hydrogen-bond donors (Lipinski definition) is 1. The fourth-order valence-electron chi connectivity index (χ4n) is 1.94. The maximum absolute atomic E-state index is 13.7. The molecule has 1 atom stereocenters. The van der Waals surface area contributed by atoms with Crippen LogP contribution in [0.3, 0.4) is 0 Å². The molecular weight excluding hydrogens is 309 g/mol. The van der Waals surface area contributed by atoms with E-state index in [1.165, 1.54) is 6.07 Å². The van der Waals surface area contributed by atoms with Gasteiger partial charge in [0.05, 0.1) is 12.7 Å². The van der Waals surface area contributed by atoms with E-state index in [0.29, 0.717) is 5.56 Å². The van der Waals surface area contributed by atoms with Crippen LogP contribution in [0.25, 0.3) is 0 Å². The van der Waals surface area contributed by atoms with E-state index in [1.54, 1.807) is 6.07 Å². The Balaban J connectivity index is 1.90. The third kappa shape index (κ3) is 3.88. The quantitative estimate of drug-likeness (QED) is 0.912. The van der Waals surface area contributed by atoms with Gasteiger partial charge in [0.2, 0.25) is 0 Å². The molecule has 0 aliphatic heterocycles. The van der Waals surface area contributed by atoms with Crippen molar-refractivity contribution in [2.45, 2.75) is 26.4 Å². The van der Waals surface area contributed by atoms with Crippen LogP contribution >= 0.6 is 15.9 Å². The van der Waals surface area contributed by atoms with Gasteiger partial charge in [-0.05, 0) is 37.6 Å². The van der Waals surface area contributed by atoms with Crippen molar-refractivity contribution in [3.05, 3.63) is 52.0 Å². The van der Waals surface area contributed by atoms with E-state index in [2.05, 4.69) is 26.3 Å². The molecule has 0 bridgehead atoms. The van der Waals surface area contributed by atoms with Gasteiger partial charge in [0, 0.05) is 28.8 Å². The van der Waals surface area contributed by atoms with Crippen molar-refractivity contribution in [3.8, 4) is 0 Å². The van der Waals surface area contributed by atoms with Crippen molar-refractivity contribution >= 4 is 15.9 Å². The molecule has 0 spiro atoms. The van der Waals surface area contributed by atoms with Crippen LogP contribution in [0, 0.1) is 12.7 Å². The van der Waals surface area contributed by atoms with Crippen LogP contribution < -0.4 is 5.32 Å². The summed E-state index contributed by atoms with van der Waals surface area (Å²) in [5.74, 6) is -0.182. The third-order valence-corrected chi connectivity index (χ3v) is 3.47. The van der Waals surface area contributed by atoms with Crippen LogP contribution in [0.5, 0.6) is 0 Å². The zero-order valence-electron chi connectivity index (χ0n) is 11.0. The highest BCUT2D eigenvalue weighted by Crippen LogP contribution is 2.21. The van der Waals surface area contributed by atoms with E-state index in [0.717, 1.165) is 23.1 Å². The summed E-state index contributed by atoms with van der Waals surface area (Å²) in [6.45, 7) is 5.48. The third-order valence-electron chi connectivity index (χ3n) is 2.98. The minimum atomic E-state index is -0.182. The first-order valence-electron chi connectivity index (χ1n) is 6.23. The number of nitrogens with one attached hydrogen (secondary N) is 1. The molecule has 5 heteroatoms. The Morgan fingerprint density at radius 2 is 2.26 bits per heavy atom. The lowest BCUT2D eigenvalue weighted by Crippen LogP contribution is -2.24. The summed E-state index contributed by atoms with van der Waals surface area (Å²) in [5, 5.41) is 7.52. The number of nitrogens with zero attached hydrogens (tertiary/aromatic N) is 2. The van der Waals surface area contributed by atoms with Gasteiger partial charge >= 0.3 is 0 Å². The van der Waals surface area contributed by atoms with Gasteiger partial charge in [0.15, 0.2) is 0 Å². The van der Waals surface area contributed by atoms with Crippen molar-refractivity contribution in [1.29, 1.82) is 0 Å². The molecule has 0 saturated carbocycles. The monoisotopic (exact) mass is 325 g/mol. The van der Waals surface area contributed by atoms with Crippen molar-refractivity contribution < 1.29 is 4.39 Å². The number of benzene rings is 1. The Hall–Kier alpha value is -1.20. The van der Waals surface area contributed by atoms with Gasteiger partial charge in [-0.25, -0.2) is 4.39 Å². The van der Waals surface area contributed by atoms with Gasteiger partial charge in [0.25, 0.3) is 0 Å². The van der Waals surface area contributed by atoms with Gasteiger partial charge in [-0.1, -0.05) is 15.9 Å². The van der Waals surface area contributed by atoms with Gasteiger partial charge in [-0.15, -0.1) is 0 Å². The van der Waals surface area contributed by atoms with E-state index < -0.39 is 0 Å². The van der Waals surface area contributed by atoms with Crippen LogP contribution in [0.15, 0.2) is 35.1 Å². The summed E-state index contributed by atoms with van der Waals surface area (Å²) in [7, 11) is 0. The molecule has 0 radical (unpaired) electrons. The highest BCUT2D eigenvalue weighted by Gasteiger charge is 2.10. The summed E-state index contributed by atoms with van der Waals surface area (Å²) < 4.78 is 16.5. The second-order valence-corrected chi connectivity index (χ2v) is 5.54. The van der Waals surface area contributed by atoms with Gasteiger partial charge in [-0.2, -0.15) is 5.10 Å². The molecule has 1 aromatic heterocycles. The Bertz CT molecular complexity index is 553. The van der Waals surface area contributed by atoms with Crippen LogP contribution in [-0.4, -0.2) is 16.3 Å². The van der Waals surface area contributed by atoms with E-state index in [9.17, 15) is 4.39 Å². The molecule has 1 N–H and O–H groups in total. The average Bonchev–Trinajstić information content (AvgIpc) is 2.78. The summed E-state index contributed by atoms with van der Waals surface area (Å²) in [5.41, 5.74) is 1.82. The van der Waals surface area contributed by atoms with Crippen molar-refractivity contribution in [2.75, 3.05) is 6.54 Å². The van der Waals surface area contributed by atoms with Crippen LogP contribution in [0.2, 0.25) is 0 Å².